The van der Waals surface area contributed by atoms with E-state index in [1.807, 2.05) is 49.6 Å². The maximum Gasteiger partial charge on any atom is 0.227 e. The standard InChI is InChI=1S/C23H28N8/c1-15-9-17(12-26-22(15)31-14-18-10-19(31)13-30(18)4)27-23-24-8-7-20(28-23)16-5-6-21(25-11-16)29(2)3/h5-9,11-12,18-19H,10,13-14H2,1-4H3,(H,24,27,28)/t18-,19-/m0/s1. The first kappa shape index (κ1) is 19.7. The Morgan fingerprint density at radius 2 is 1.90 bits per heavy atom. The molecule has 5 rings (SSSR count). The van der Waals surface area contributed by atoms with Crippen molar-refractivity contribution in [3.63, 3.8) is 0 Å². The molecule has 2 aliphatic heterocycles. The summed E-state index contributed by atoms with van der Waals surface area (Å²) in [6.07, 6.45) is 6.71. The summed E-state index contributed by atoms with van der Waals surface area (Å²) in [5.74, 6) is 2.55. The van der Waals surface area contributed by atoms with Gasteiger partial charge in [-0.2, -0.15) is 0 Å². The number of nitrogens with zero attached hydrogens (tertiary/aromatic N) is 7. The van der Waals surface area contributed by atoms with E-state index in [0.717, 1.165) is 41.7 Å². The molecule has 5 heterocycles. The van der Waals surface area contributed by atoms with Gasteiger partial charge >= 0.3 is 0 Å². The molecule has 2 bridgehead atoms. The van der Waals surface area contributed by atoms with Gasteiger partial charge < -0.3 is 15.1 Å². The first-order chi connectivity index (χ1) is 15.0. The number of fused-ring (bicyclic) bond motifs is 2. The largest absolute Gasteiger partial charge is 0.363 e. The van der Waals surface area contributed by atoms with Crippen molar-refractivity contribution in [2.24, 2.45) is 0 Å². The number of likely N-dealkylation sites (tertiary alicyclic amines) is 1. The number of rotatable bonds is 5. The molecule has 0 saturated carbocycles. The molecule has 2 aliphatic rings. The van der Waals surface area contributed by atoms with Gasteiger partial charge in [-0.15, -0.1) is 0 Å². The first-order valence-electron chi connectivity index (χ1n) is 10.7. The summed E-state index contributed by atoms with van der Waals surface area (Å²) in [5, 5.41) is 3.30. The zero-order valence-corrected chi connectivity index (χ0v) is 18.4. The van der Waals surface area contributed by atoms with Crippen LogP contribution in [0.1, 0.15) is 12.0 Å². The lowest BCUT2D eigenvalue weighted by Crippen LogP contribution is -2.45. The number of anilines is 4. The molecule has 3 aromatic rings. The average molecular weight is 417 g/mol. The normalized spacial score (nSPS) is 20.3. The molecule has 2 saturated heterocycles. The van der Waals surface area contributed by atoms with Gasteiger partial charge in [0.15, 0.2) is 0 Å². The zero-order chi connectivity index (χ0) is 21.5. The van der Waals surface area contributed by atoms with Crippen LogP contribution in [0.2, 0.25) is 0 Å². The molecule has 0 aromatic carbocycles. The highest BCUT2D eigenvalue weighted by molar-refractivity contribution is 5.64. The number of likely N-dealkylation sites (N-methyl/N-ethyl adjacent to an activating group) is 1. The third-order valence-electron chi connectivity index (χ3n) is 6.25. The highest BCUT2D eigenvalue weighted by atomic mass is 15.4. The van der Waals surface area contributed by atoms with Crippen molar-refractivity contribution in [1.82, 2.24) is 24.8 Å². The van der Waals surface area contributed by atoms with Crippen LogP contribution in [-0.2, 0) is 0 Å². The van der Waals surface area contributed by atoms with Crippen LogP contribution in [0.5, 0.6) is 0 Å². The third-order valence-corrected chi connectivity index (χ3v) is 6.25. The van der Waals surface area contributed by atoms with E-state index in [9.17, 15) is 0 Å². The molecule has 2 fully saturated rings. The van der Waals surface area contributed by atoms with E-state index in [2.05, 4.69) is 50.1 Å². The summed E-state index contributed by atoms with van der Waals surface area (Å²) in [7, 11) is 6.17. The minimum absolute atomic E-state index is 0.546. The maximum atomic E-state index is 4.78. The monoisotopic (exact) mass is 416 g/mol. The predicted molar refractivity (Wildman–Crippen MR) is 124 cm³/mol. The van der Waals surface area contributed by atoms with Crippen molar-refractivity contribution < 1.29 is 0 Å². The van der Waals surface area contributed by atoms with Crippen LogP contribution >= 0.6 is 0 Å². The molecule has 0 spiro atoms. The summed E-state index contributed by atoms with van der Waals surface area (Å²) in [6.45, 7) is 4.31. The second-order valence-electron chi connectivity index (χ2n) is 8.69. The van der Waals surface area contributed by atoms with Crippen molar-refractivity contribution in [2.45, 2.75) is 25.4 Å². The predicted octanol–water partition coefficient (Wildman–Crippen LogP) is 2.94. The maximum absolute atomic E-state index is 4.78. The number of nitrogens with one attached hydrogen (secondary N) is 1. The fraction of sp³-hybridized carbons (Fsp3) is 0.391. The molecule has 31 heavy (non-hydrogen) atoms. The van der Waals surface area contributed by atoms with Crippen molar-refractivity contribution >= 4 is 23.3 Å². The number of pyridine rings is 2. The lowest BCUT2D eigenvalue weighted by Gasteiger charge is -2.33. The molecule has 0 aliphatic carbocycles. The molecular formula is C23H28N8. The van der Waals surface area contributed by atoms with Crippen LogP contribution in [0.15, 0.2) is 42.9 Å². The van der Waals surface area contributed by atoms with Crippen LogP contribution in [-0.4, -0.2) is 71.2 Å². The topological polar surface area (TPSA) is 73.3 Å². The van der Waals surface area contributed by atoms with E-state index < -0.39 is 0 Å². The smallest absolute Gasteiger partial charge is 0.227 e. The van der Waals surface area contributed by atoms with E-state index >= 15 is 0 Å². The van der Waals surface area contributed by atoms with Crippen LogP contribution in [0.25, 0.3) is 11.3 Å². The van der Waals surface area contributed by atoms with Gasteiger partial charge in [-0.05, 0) is 50.2 Å². The average Bonchev–Trinajstić information content (AvgIpc) is 3.34. The van der Waals surface area contributed by atoms with Crippen molar-refractivity contribution in [1.29, 1.82) is 0 Å². The van der Waals surface area contributed by atoms with E-state index in [4.69, 9.17) is 4.98 Å². The number of aromatic nitrogens is 4. The Bertz CT molecular complexity index is 1080. The van der Waals surface area contributed by atoms with E-state index in [1.54, 1.807) is 6.20 Å². The number of piperazine rings is 1. The second kappa shape index (κ2) is 7.77. The Balaban J connectivity index is 1.32. The minimum Gasteiger partial charge on any atom is -0.363 e. The van der Waals surface area contributed by atoms with Crippen LogP contribution in [0, 0.1) is 6.92 Å². The van der Waals surface area contributed by atoms with E-state index in [1.165, 1.54) is 12.0 Å². The summed E-state index contributed by atoms with van der Waals surface area (Å²) >= 11 is 0. The first-order valence-corrected chi connectivity index (χ1v) is 10.7. The summed E-state index contributed by atoms with van der Waals surface area (Å²) in [4.78, 5) is 25.2. The fourth-order valence-corrected chi connectivity index (χ4v) is 4.57. The van der Waals surface area contributed by atoms with Gasteiger partial charge in [-0.25, -0.2) is 19.9 Å². The molecule has 8 heteroatoms. The van der Waals surface area contributed by atoms with Gasteiger partial charge in [0, 0.05) is 57.2 Å². The van der Waals surface area contributed by atoms with Crippen LogP contribution in [0.3, 0.4) is 0 Å². The molecule has 0 radical (unpaired) electrons. The van der Waals surface area contributed by atoms with Crippen molar-refractivity contribution in [3.05, 3.63) is 48.4 Å². The quantitative estimate of drug-likeness (QED) is 0.681. The van der Waals surface area contributed by atoms with Crippen molar-refractivity contribution in [3.8, 4) is 11.3 Å². The van der Waals surface area contributed by atoms with Crippen LogP contribution < -0.4 is 15.1 Å². The number of aryl methyl sites for hydroxylation is 1. The van der Waals surface area contributed by atoms with Gasteiger partial charge in [0.1, 0.15) is 11.6 Å². The Morgan fingerprint density at radius 3 is 2.55 bits per heavy atom. The molecule has 160 valence electrons. The molecule has 3 aromatic heterocycles. The SMILES string of the molecule is Cc1cc(Nc2nccc(-c3ccc(N(C)C)nc3)n2)cnc1N1C[C@@H]2C[C@H]1CN2C. The molecule has 2 atom stereocenters. The Labute approximate surface area is 183 Å². The van der Waals surface area contributed by atoms with E-state index in [-0.39, 0.29) is 0 Å². The molecule has 0 unspecified atom stereocenters. The highest BCUT2D eigenvalue weighted by Gasteiger charge is 2.42. The second-order valence-corrected chi connectivity index (χ2v) is 8.69. The van der Waals surface area contributed by atoms with E-state index in [0.29, 0.717) is 18.0 Å². The fourth-order valence-electron chi connectivity index (χ4n) is 4.57. The van der Waals surface area contributed by atoms with Gasteiger partial charge in [0.25, 0.3) is 0 Å². The summed E-state index contributed by atoms with van der Waals surface area (Å²) in [5.41, 5.74) is 3.84. The minimum atomic E-state index is 0.546. The lowest BCUT2D eigenvalue weighted by molar-refractivity contribution is 0.292. The van der Waals surface area contributed by atoms with Crippen LogP contribution in [0.4, 0.5) is 23.3 Å². The van der Waals surface area contributed by atoms with Gasteiger partial charge in [0.2, 0.25) is 5.95 Å². The Hall–Kier alpha value is -3.26. The Morgan fingerprint density at radius 1 is 1.03 bits per heavy atom. The molecule has 8 nitrogen and oxygen atoms in total. The van der Waals surface area contributed by atoms with Gasteiger partial charge in [0.05, 0.1) is 17.6 Å². The molecule has 1 N–H and O–H groups in total. The highest BCUT2D eigenvalue weighted by Crippen LogP contribution is 2.34. The third kappa shape index (κ3) is 3.79. The lowest BCUT2D eigenvalue weighted by atomic mass is 10.2. The van der Waals surface area contributed by atoms with Gasteiger partial charge in [-0.1, -0.05) is 0 Å². The Kier molecular flexibility index (Phi) is 4.94. The number of hydrogen-bond donors (Lipinski definition) is 1. The summed E-state index contributed by atoms with van der Waals surface area (Å²) < 4.78 is 0. The van der Waals surface area contributed by atoms with Crippen molar-refractivity contribution in [2.75, 3.05) is 49.3 Å². The zero-order valence-electron chi connectivity index (χ0n) is 18.4. The number of hydrogen-bond acceptors (Lipinski definition) is 8. The molecule has 0 amide bonds. The molecular weight excluding hydrogens is 388 g/mol. The van der Waals surface area contributed by atoms with Gasteiger partial charge in [-0.3, -0.25) is 4.90 Å². The summed E-state index contributed by atoms with van der Waals surface area (Å²) in [6, 6.07) is 9.26.